The number of anilines is 1. The molecule has 1 atom stereocenters. The topological polar surface area (TPSA) is 88.6 Å². The first-order valence-electron chi connectivity index (χ1n) is 9.89. The van der Waals surface area contributed by atoms with Crippen LogP contribution in [0.4, 0.5) is 5.69 Å². The lowest BCUT2D eigenvalue weighted by molar-refractivity contribution is -0.120. The van der Waals surface area contributed by atoms with Gasteiger partial charge in [-0.2, -0.15) is 0 Å². The van der Waals surface area contributed by atoms with Crippen molar-refractivity contribution in [1.82, 2.24) is 9.29 Å². The van der Waals surface area contributed by atoms with Crippen molar-refractivity contribution in [3.8, 4) is 5.75 Å². The van der Waals surface area contributed by atoms with E-state index >= 15 is 0 Å². The highest BCUT2D eigenvalue weighted by Gasteiger charge is 2.31. The maximum atomic E-state index is 12.7. The summed E-state index contributed by atoms with van der Waals surface area (Å²) in [7, 11) is -3.29. The number of nitrogens with one attached hydrogen (secondary N) is 1. The molecule has 156 valence electrons. The van der Waals surface area contributed by atoms with Crippen molar-refractivity contribution in [2.75, 3.05) is 24.2 Å². The van der Waals surface area contributed by atoms with Crippen LogP contribution in [0.1, 0.15) is 31.9 Å². The zero-order valence-corrected chi connectivity index (χ0v) is 17.4. The molecule has 8 heteroatoms. The molecule has 1 aromatic carbocycles. The molecule has 2 aromatic rings. The smallest absolute Gasteiger partial charge is 0.228 e. The highest BCUT2D eigenvalue weighted by Crippen LogP contribution is 2.23. The molecule has 1 aromatic heterocycles. The maximum absolute atomic E-state index is 12.7. The van der Waals surface area contributed by atoms with E-state index in [0.717, 1.165) is 5.69 Å². The molecule has 1 saturated heterocycles. The Labute approximate surface area is 172 Å². The van der Waals surface area contributed by atoms with Crippen LogP contribution in [-0.4, -0.2) is 42.5 Å². The number of pyridine rings is 1. The van der Waals surface area contributed by atoms with Crippen LogP contribution in [0.2, 0.25) is 0 Å². The summed E-state index contributed by atoms with van der Waals surface area (Å²) in [6.07, 6.45) is 3.65. The fraction of sp³-hybridized carbons (Fsp3) is 0.429. The van der Waals surface area contributed by atoms with Crippen molar-refractivity contribution >= 4 is 21.6 Å². The first-order chi connectivity index (χ1) is 14.0. The van der Waals surface area contributed by atoms with Gasteiger partial charge < -0.3 is 10.1 Å². The van der Waals surface area contributed by atoms with Gasteiger partial charge in [-0.05, 0) is 43.5 Å². The Bertz CT molecular complexity index is 919. The number of sulfonamides is 1. The summed E-state index contributed by atoms with van der Waals surface area (Å²) in [6, 6.07) is 12.8. The second-order valence-corrected chi connectivity index (χ2v) is 9.23. The van der Waals surface area contributed by atoms with E-state index in [1.165, 1.54) is 4.31 Å². The third-order valence-corrected chi connectivity index (χ3v) is 6.87. The predicted octanol–water partition coefficient (Wildman–Crippen LogP) is 3.05. The summed E-state index contributed by atoms with van der Waals surface area (Å²) in [6.45, 7) is 2.91. The molecule has 29 heavy (non-hydrogen) atoms. The minimum atomic E-state index is -3.29. The average Bonchev–Trinajstić information content (AvgIpc) is 2.73. The lowest BCUT2D eigenvalue weighted by Gasteiger charge is -2.31. The maximum Gasteiger partial charge on any atom is 0.228 e. The number of hydrogen-bond donors (Lipinski definition) is 1. The molecule has 0 saturated carbocycles. The number of amides is 1. The van der Waals surface area contributed by atoms with Crippen molar-refractivity contribution < 1.29 is 17.9 Å². The van der Waals surface area contributed by atoms with Gasteiger partial charge in [0.1, 0.15) is 12.4 Å². The van der Waals surface area contributed by atoms with Crippen LogP contribution in [-0.2, 0) is 21.4 Å². The van der Waals surface area contributed by atoms with Crippen molar-refractivity contribution in [3.63, 3.8) is 0 Å². The average molecular weight is 418 g/mol. The zero-order chi connectivity index (χ0) is 20.7. The van der Waals surface area contributed by atoms with Gasteiger partial charge in [0.2, 0.25) is 15.9 Å². The SMILES string of the molecule is CCCS(=O)(=O)N1CCCC(C(=O)Nc2cccc(OCc3ccccn3)c2)C1. The minimum Gasteiger partial charge on any atom is -0.487 e. The quantitative estimate of drug-likeness (QED) is 0.713. The summed E-state index contributed by atoms with van der Waals surface area (Å²) in [5.74, 6) is 0.234. The summed E-state index contributed by atoms with van der Waals surface area (Å²) in [5.41, 5.74) is 1.44. The van der Waals surface area contributed by atoms with Gasteiger partial charge >= 0.3 is 0 Å². The number of hydrogen-bond acceptors (Lipinski definition) is 5. The molecule has 7 nitrogen and oxygen atoms in total. The largest absolute Gasteiger partial charge is 0.487 e. The summed E-state index contributed by atoms with van der Waals surface area (Å²) < 4.78 is 31.8. The summed E-state index contributed by atoms with van der Waals surface area (Å²) in [4.78, 5) is 16.9. The van der Waals surface area contributed by atoms with Crippen LogP contribution >= 0.6 is 0 Å². The molecule has 1 unspecified atom stereocenters. The summed E-state index contributed by atoms with van der Waals surface area (Å²) >= 11 is 0. The third kappa shape index (κ3) is 6.01. The van der Waals surface area contributed by atoms with Crippen molar-refractivity contribution in [3.05, 3.63) is 54.4 Å². The highest BCUT2D eigenvalue weighted by atomic mass is 32.2. The van der Waals surface area contributed by atoms with E-state index in [4.69, 9.17) is 4.74 Å². The van der Waals surface area contributed by atoms with Gasteiger partial charge in [0.15, 0.2) is 0 Å². The minimum absolute atomic E-state index is 0.122. The molecule has 2 heterocycles. The molecule has 0 bridgehead atoms. The lowest BCUT2D eigenvalue weighted by atomic mass is 9.98. The number of benzene rings is 1. The van der Waals surface area contributed by atoms with Crippen LogP contribution < -0.4 is 10.1 Å². The Hall–Kier alpha value is -2.45. The number of rotatable bonds is 8. The molecule has 1 N–H and O–H groups in total. The molecule has 1 aliphatic rings. The lowest BCUT2D eigenvalue weighted by Crippen LogP contribution is -2.44. The van der Waals surface area contributed by atoms with E-state index < -0.39 is 10.0 Å². The number of carbonyl (C=O) groups excluding carboxylic acids is 1. The van der Waals surface area contributed by atoms with Gasteiger partial charge in [-0.25, -0.2) is 12.7 Å². The van der Waals surface area contributed by atoms with Crippen LogP contribution in [0.15, 0.2) is 48.7 Å². The van der Waals surface area contributed by atoms with E-state index in [0.29, 0.717) is 43.9 Å². The Balaban J connectivity index is 1.58. The molecule has 1 aliphatic heterocycles. The molecule has 0 radical (unpaired) electrons. The monoisotopic (exact) mass is 417 g/mol. The summed E-state index contributed by atoms with van der Waals surface area (Å²) in [5, 5.41) is 2.90. The van der Waals surface area contributed by atoms with E-state index in [1.54, 1.807) is 18.3 Å². The van der Waals surface area contributed by atoms with Crippen LogP contribution in [0.25, 0.3) is 0 Å². The van der Waals surface area contributed by atoms with Crippen LogP contribution in [0, 0.1) is 5.92 Å². The molecule has 1 amide bonds. The Morgan fingerprint density at radius 3 is 2.90 bits per heavy atom. The molecule has 0 aliphatic carbocycles. The van der Waals surface area contributed by atoms with Gasteiger partial charge in [-0.3, -0.25) is 9.78 Å². The van der Waals surface area contributed by atoms with E-state index in [1.807, 2.05) is 37.3 Å². The fourth-order valence-electron chi connectivity index (χ4n) is 3.34. The van der Waals surface area contributed by atoms with Gasteiger partial charge in [-0.1, -0.05) is 19.1 Å². The Morgan fingerprint density at radius 2 is 2.14 bits per heavy atom. The normalized spacial score (nSPS) is 17.6. The van der Waals surface area contributed by atoms with Crippen molar-refractivity contribution in [2.24, 2.45) is 5.92 Å². The number of nitrogens with zero attached hydrogens (tertiary/aromatic N) is 2. The molecular weight excluding hydrogens is 390 g/mol. The zero-order valence-electron chi connectivity index (χ0n) is 16.6. The molecular formula is C21H27N3O4S. The van der Waals surface area contributed by atoms with Gasteiger partial charge in [0, 0.05) is 31.0 Å². The van der Waals surface area contributed by atoms with Crippen molar-refractivity contribution in [2.45, 2.75) is 32.8 Å². The second kappa shape index (κ2) is 9.84. The Kier molecular flexibility index (Phi) is 7.22. The van der Waals surface area contributed by atoms with Gasteiger partial charge in [-0.15, -0.1) is 0 Å². The van der Waals surface area contributed by atoms with E-state index in [2.05, 4.69) is 10.3 Å². The van der Waals surface area contributed by atoms with Crippen LogP contribution in [0.5, 0.6) is 5.75 Å². The number of piperidine rings is 1. The molecule has 3 rings (SSSR count). The molecule has 0 spiro atoms. The Morgan fingerprint density at radius 1 is 1.28 bits per heavy atom. The third-order valence-electron chi connectivity index (χ3n) is 4.82. The van der Waals surface area contributed by atoms with E-state index in [9.17, 15) is 13.2 Å². The second-order valence-electron chi connectivity index (χ2n) is 7.14. The van der Waals surface area contributed by atoms with Gasteiger partial charge in [0.05, 0.1) is 17.4 Å². The first-order valence-corrected chi connectivity index (χ1v) is 11.5. The van der Waals surface area contributed by atoms with Crippen LogP contribution in [0.3, 0.4) is 0 Å². The van der Waals surface area contributed by atoms with Gasteiger partial charge in [0.25, 0.3) is 0 Å². The molecule has 1 fully saturated rings. The first kappa shape index (κ1) is 21.3. The predicted molar refractivity (Wildman–Crippen MR) is 112 cm³/mol. The highest BCUT2D eigenvalue weighted by molar-refractivity contribution is 7.89. The number of aromatic nitrogens is 1. The van der Waals surface area contributed by atoms with E-state index in [-0.39, 0.29) is 24.1 Å². The number of ether oxygens (including phenoxy) is 1. The number of carbonyl (C=O) groups is 1. The van der Waals surface area contributed by atoms with Crippen molar-refractivity contribution in [1.29, 1.82) is 0 Å². The fourth-order valence-corrected chi connectivity index (χ4v) is 4.93. The standard InChI is InChI=1S/C21H27N3O4S/c1-2-13-29(26,27)24-12-6-7-17(15-24)21(25)23-18-9-5-10-20(14-18)28-16-19-8-3-4-11-22-19/h3-5,8-11,14,17H,2,6-7,12-13,15-16H2,1H3,(H,23,25).